The first-order chi connectivity index (χ1) is 14.8. The summed E-state index contributed by atoms with van der Waals surface area (Å²) in [4.78, 5) is 21.4. The second-order valence-electron chi connectivity index (χ2n) is 6.36. The summed E-state index contributed by atoms with van der Waals surface area (Å²) in [6, 6.07) is 9.79. The SMILES string of the molecule is Cc1nn(-c2ccccc2Cl)c(C(F)F)c1C(=O)Nc1nc(-c2ccc(Cl)cn2)cs1. The van der Waals surface area contributed by atoms with Crippen molar-refractivity contribution in [1.82, 2.24) is 19.7 Å². The van der Waals surface area contributed by atoms with Crippen LogP contribution in [0.5, 0.6) is 0 Å². The molecule has 0 bridgehead atoms. The molecule has 0 aliphatic rings. The molecule has 0 unspecified atom stereocenters. The zero-order valence-corrected chi connectivity index (χ0v) is 18.1. The monoisotopic (exact) mass is 479 g/mol. The highest BCUT2D eigenvalue weighted by atomic mass is 35.5. The molecule has 0 radical (unpaired) electrons. The van der Waals surface area contributed by atoms with Gasteiger partial charge in [-0.1, -0.05) is 35.3 Å². The van der Waals surface area contributed by atoms with E-state index in [1.54, 1.807) is 41.8 Å². The fraction of sp³-hybridized carbons (Fsp3) is 0.100. The summed E-state index contributed by atoms with van der Waals surface area (Å²) < 4.78 is 28.9. The molecule has 0 aliphatic carbocycles. The first kappa shape index (κ1) is 21.4. The van der Waals surface area contributed by atoms with Crippen molar-refractivity contribution in [3.8, 4) is 17.1 Å². The number of aromatic nitrogens is 4. The molecular formula is C20H13Cl2F2N5OS. The van der Waals surface area contributed by atoms with Crippen molar-refractivity contribution in [2.75, 3.05) is 5.32 Å². The van der Waals surface area contributed by atoms with Crippen LogP contribution in [0.4, 0.5) is 13.9 Å². The van der Waals surface area contributed by atoms with Gasteiger partial charge in [0.25, 0.3) is 12.3 Å². The molecule has 0 aliphatic heterocycles. The van der Waals surface area contributed by atoms with E-state index in [0.717, 1.165) is 16.0 Å². The Morgan fingerprint density at radius 2 is 1.94 bits per heavy atom. The lowest BCUT2D eigenvalue weighted by Crippen LogP contribution is -2.15. The zero-order chi connectivity index (χ0) is 22.1. The number of amides is 1. The predicted octanol–water partition coefficient (Wildman–Crippen LogP) is 6.20. The van der Waals surface area contributed by atoms with Gasteiger partial charge in [-0.25, -0.2) is 18.4 Å². The van der Waals surface area contributed by atoms with Crippen LogP contribution in [0.15, 0.2) is 48.0 Å². The zero-order valence-electron chi connectivity index (χ0n) is 15.8. The van der Waals surface area contributed by atoms with E-state index in [-0.39, 0.29) is 27.1 Å². The molecule has 4 aromatic rings. The smallest absolute Gasteiger partial charge is 0.281 e. The fourth-order valence-corrected chi connectivity index (χ4v) is 4.00. The Bertz CT molecular complexity index is 1260. The summed E-state index contributed by atoms with van der Waals surface area (Å²) in [6.45, 7) is 1.49. The maximum absolute atomic E-state index is 14.0. The van der Waals surface area contributed by atoms with Gasteiger partial charge in [0.15, 0.2) is 5.13 Å². The van der Waals surface area contributed by atoms with Crippen LogP contribution in [-0.4, -0.2) is 25.7 Å². The number of alkyl halides is 2. The highest BCUT2D eigenvalue weighted by Gasteiger charge is 2.29. The van der Waals surface area contributed by atoms with Gasteiger partial charge in [0.2, 0.25) is 0 Å². The van der Waals surface area contributed by atoms with Gasteiger partial charge in [0.05, 0.1) is 32.7 Å². The number of benzene rings is 1. The van der Waals surface area contributed by atoms with E-state index in [9.17, 15) is 13.6 Å². The second kappa shape index (κ2) is 8.70. The van der Waals surface area contributed by atoms with Gasteiger partial charge in [-0.2, -0.15) is 5.10 Å². The van der Waals surface area contributed by atoms with Gasteiger partial charge in [0.1, 0.15) is 11.4 Å². The Morgan fingerprint density at radius 3 is 2.61 bits per heavy atom. The van der Waals surface area contributed by atoms with E-state index in [1.807, 2.05) is 0 Å². The van der Waals surface area contributed by atoms with Gasteiger partial charge >= 0.3 is 0 Å². The normalized spacial score (nSPS) is 11.2. The van der Waals surface area contributed by atoms with Crippen molar-refractivity contribution in [2.24, 2.45) is 0 Å². The summed E-state index contributed by atoms with van der Waals surface area (Å²) in [6.07, 6.45) is -1.47. The molecule has 31 heavy (non-hydrogen) atoms. The summed E-state index contributed by atoms with van der Waals surface area (Å²) in [7, 11) is 0. The molecular weight excluding hydrogens is 467 g/mol. The molecule has 158 valence electrons. The number of carbonyl (C=O) groups is 1. The largest absolute Gasteiger partial charge is 0.298 e. The molecule has 0 saturated heterocycles. The summed E-state index contributed by atoms with van der Waals surface area (Å²) in [5.74, 6) is -0.740. The molecule has 3 aromatic heterocycles. The van der Waals surface area contributed by atoms with E-state index in [1.165, 1.54) is 13.1 Å². The lowest BCUT2D eigenvalue weighted by atomic mass is 10.1. The third kappa shape index (κ3) is 4.30. The molecule has 0 atom stereocenters. The average Bonchev–Trinajstić information content (AvgIpc) is 3.33. The van der Waals surface area contributed by atoms with Crippen molar-refractivity contribution < 1.29 is 13.6 Å². The molecule has 0 saturated carbocycles. The Labute approximate surface area is 189 Å². The molecule has 1 N–H and O–H groups in total. The van der Waals surface area contributed by atoms with Crippen molar-refractivity contribution in [2.45, 2.75) is 13.3 Å². The minimum atomic E-state index is -2.96. The third-order valence-corrected chi connectivity index (χ3v) is 5.63. The summed E-state index contributed by atoms with van der Waals surface area (Å²) in [5.41, 5.74) is 0.720. The number of nitrogens with zero attached hydrogens (tertiary/aromatic N) is 4. The van der Waals surface area contributed by atoms with Gasteiger partial charge < -0.3 is 0 Å². The standard InChI is InChI=1S/C20H13Cl2F2N5OS/c1-10-16(17(18(23)24)29(28-10)15-5-3-2-4-12(15)22)19(30)27-20-26-14(9-31-20)13-7-6-11(21)8-25-13/h2-9,18H,1H3,(H,26,27,30). The number of hydrogen-bond acceptors (Lipinski definition) is 5. The van der Waals surface area contributed by atoms with Gasteiger partial charge in [-0.3, -0.25) is 15.1 Å². The maximum Gasteiger partial charge on any atom is 0.281 e. The number of para-hydroxylation sites is 1. The van der Waals surface area contributed by atoms with Crippen LogP contribution in [-0.2, 0) is 0 Å². The number of halogens is 4. The Balaban J connectivity index is 1.66. The number of carbonyl (C=O) groups excluding carboxylic acids is 1. The fourth-order valence-electron chi connectivity index (χ4n) is 2.97. The van der Waals surface area contributed by atoms with E-state index < -0.39 is 18.0 Å². The molecule has 3 heterocycles. The van der Waals surface area contributed by atoms with Gasteiger partial charge in [-0.05, 0) is 31.2 Å². The molecule has 11 heteroatoms. The predicted molar refractivity (Wildman–Crippen MR) is 117 cm³/mol. The van der Waals surface area contributed by atoms with E-state index in [2.05, 4.69) is 20.4 Å². The highest BCUT2D eigenvalue weighted by molar-refractivity contribution is 7.14. The first-order valence-electron chi connectivity index (χ1n) is 8.86. The summed E-state index contributed by atoms with van der Waals surface area (Å²) >= 11 is 13.1. The topological polar surface area (TPSA) is 72.7 Å². The Hall–Kier alpha value is -2.88. The van der Waals surface area contributed by atoms with Crippen LogP contribution in [0.25, 0.3) is 17.1 Å². The van der Waals surface area contributed by atoms with E-state index in [0.29, 0.717) is 16.4 Å². The highest BCUT2D eigenvalue weighted by Crippen LogP contribution is 2.32. The lowest BCUT2D eigenvalue weighted by Gasteiger charge is -2.10. The average molecular weight is 480 g/mol. The van der Waals surface area contributed by atoms with Crippen LogP contribution in [0, 0.1) is 6.92 Å². The molecule has 1 amide bonds. The number of hydrogen-bond donors (Lipinski definition) is 1. The van der Waals surface area contributed by atoms with Crippen LogP contribution in [0.2, 0.25) is 10.0 Å². The number of aryl methyl sites for hydroxylation is 1. The third-order valence-electron chi connectivity index (χ3n) is 4.32. The Kier molecular flexibility index (Phi) is 5.99. The minimum Gasteiger partial charge on any atom is -0.298 e. The summed E-state index contributed by atoms with van der Waals surface area (Å²) in [5, 5.41) is 9.36. The van der Waals surface area contributed by atoms with Gasteiger partial charge in [0, 0.05) is 11.6 Å². The van der Waals surface area contributed by atoms with E-state index >= 15 is 0 Å². The number of pyridine rings is 1. The van der Waals surface area contributed by atoms with Crippen molar-refractivity contribution in [3.63, 3.8) is 0 Å². The number of nitrogens with one attached hydrogen (secondary N) is 1. The second-order valence-corrected chi connectivity index (χ2v) is 8.06. The number of thiazole rings is 1. The van der Waals surface area contributed by atoms with E-state index in [4.69, 9.17) is 23.2 Å². The van der Waals surface area contributed by atoms with Crippen LogP contribution in [0.3, 0.4) is 0 Å². The van der Waals surface area contributed by atoms with Crippen molar-refractivity contribution >= 4 is 45.6 Å². The number of anilines is 1. The lowest BCUT2D eigenvalue weighted by molar-refractivity contribution is 0.100. The quantitative estimate of drug-likeness (QED) is 0.370. The van der Waals surface area contributed by atoms with Gasteiger partial charge in [-0.15, -0.1) is 11.3 Å². The molecule has 4 rings (SSSR count). The minimum absolute atomic E-state index is 0.142. The molecule has 1 aromatic carbocycles. The molecule has 6 nitrogen and oxygen atoms in total. The van der Waals surface area contributed by atoms with Crippen LogP contribution in [0.1, 0.15) is 28.2 Å². The first-order valence-corrected chi connectivity index (χ1v) is 10.5. The van der Waals surface area contributed by atoms with Crippen LogP contribution < -0.4 is 5.32 Å². The van der Waals surface area contributed by atoms with Crippen molar-refractivity contribution in [1.29, 1.82) is 0 Å². The Morgan fingerprint density at radius 1 is 1.16 bits per heavy atom. The molecule has 0 fully saturated rings. The molecule has 0 spiro atoms. The van der Waals surface area contributed by atoms with Crippen LogP contribution >= 0.6 is 34.5 Å². The van der Waals surface area contributed by atoms with Crippen molar-refractivity contribution in [3.05, 3.63) is 75.0 Å². The number of rotatable bonds is 5. The maximum atomic E-state index is 14.0.